The molecule has 9 nitrogen and oxygen atoms in total. The highest BCUT2D eigenvalue weighted by molar-refractivity contribution is 7.92. The molecule has 0 radical (unpaired) electrons. The second-order valence-electron chi connectivity index (χ2n) is 9.60. The molecule has 0 aliphatic carbocycles. The number of carbonyl (C=O) groups is 2. The minimum Gasteiger partial charge on any atom is -0.486 e. The molecule has 1 heterocycles. The highest BCUT2D eigenvalue weighted by Gasteiger charge is 2.38. The van der Waals surface area contributed by atoms with Crippen molar-refractivity contribution in [3.05, 3.63) is 48.0 Å². The first-order chi connectivity index (χ1) is 17.0. The fourth-order valence-electron chi connectivity index (χ4n) is 3.48. The average Bonchev–Trinajstić information content (AvgIpc) is 2.76. The molecule has 1 aliphatic heterocycles. The molecule has 1 N–H and O–H groups in total. The molecule has 1 aliphatic rings. The van der Waals surface area contributed by atoms with Gasteiger partial charge in [0.2, 0.25) is 5.91 Å². The molecule has 0 bridgehead atoms. The number of benzene rings is 2. The van der Waals surface area contributed by atoms with Crippen LogP contribution in [-0.4, -0.2) is 57.7 Å². The van der Waals surface area contributed by atoms with Gasteiger partial charge < -0.3 is 14.4 Å². The van der Waals surface area contributed by atoms with Crippen LogP contribution in [-0.2, 0) is 25.7 Å². The summed E-state index contributed by atoms with van der Waals surface area (Å²) in [6.45, 7) is 4.67. The maximum Gasteiger partial charge on any atom is 0.416 e. The van der Waals surface area contributed by atoms with Gasteiger partial charge in [-0.1, -0.05) is 6.07 Å². The lowest BCUT2D eigenvalue weighted by Gasteiger charge is -2.36. The average molecular weight is 544 g/mol. The number of carbonyl (C=O) groups excluding carboxylic acids is 2. The van der Waals surface area contributed by atoms with Crippen molar-refractivity contribution < 1.29 is 40.7 Å². The van der Waals surface area contributed by atoms with E-state index in [0.717, 1.165) is 22.5 Å². The molecule has 3 rings (SSSR count). The van der Waals surface area contributed by atoms with E-state index in [2.05, 4.69) is 5.32 Å². The van der Waals surface area contributed by atoms with Crippen LogP contribution in [0.1, 0.15) is 32.8 Å². The molecule has 0 spiro atoms. The second-order valence-corrected chi connectivity index (χ2v) is 11.5. The molecule has 37 heavy (non-hydrogen) atoms. The fraction of sp³-hybridized carbons (Fsp3) is 0.417. The van der Waals surface area contributed by atoms with E-state index in [0.29, 0.717) is 6.07 Å². The van der Waals surface area contributed by atoms with Crippen molar-refractivity contribution in [2.24, 2.45) is 0 Å². The lowest BCUT2D eigenvalue weighted by atomic mass is 10.1. The molecule has 0 saturated carbocycles. The molecule has 13 heteroatoms. The predicted molar refractivity (Wildman–Crippen MR) is 130 cm³/mol. The predicted octanol–water partition coefficient (Wildman–Crippen LogP) is 4.49. The summed E-state index contributed by atoms with van der Waals surface area (Å²) in [6, 6.07) is 7.55. The highest BCUT2D eigenvalue weighted by atomic mass is 32.2. The van der Waals surface area contributed by atoms with E-state index in [-0.39, 0.29) is 36.0 Å². The molecular weight excluding hydrogens is 515 g/mol. The Bertz CT molecular complexity index is 1290. The van der Waals surface area contributed by atoms with E-state index in [9.17, 15) is 31.2 Å². The number of fused-ring (bicyclic) bond motifs is 1. The molecule has 0 saturated heterocycles. The number of sulfonamides is 1. The number of anilines is 2. The van der Waals surface area contributed by atoms with Crippen LogP contribution in [0.3, 0.4) is 0 Å². The van der Waals surface area contributed by atoms with E-state index < -0.39 is 44.5 Å². The van der Waals surface area contributed by atoms with Gasteiger partial charge in [0.25, 0.3) is 10.0 Å². The van der Waals surface area contributed by atoms with Crippen molar-refractivity contribution >= 4 is 33.4 Å². The number of amides is 2. The lowest BCUT2D eigenvalue weighted by molar-refractivity contribution is -0.137. The maximum atomic E-state index is 13.6. The third kappa shape index (κ3) is 6.85. The minimum absolute atomic E-state index is 0.0143. The van der Waals surface area contributed by atoms with E-state index in [4.69, 9.17) is 9.47 Å². The summed E-state index contributed by atoms with van der Waals surface area (Å²) in [6.07, 6.45) is -6.61. The zero-order chi connectivity index (χ0) is 27.8. The second kappa shape index (κ2) is 10.1. The van der Waals surface area contributed by atoms with Gasteiger partial charge in [0.05, 0.1) is 29.1 Å². The monoisotopic (exact) mass is 543 g/mol. The maximum absolute atomic E-state index is 13.6. The van der Waals surface area contributed by atoms with Crippen LogP contribution in [0.15, 0.2) is 47.4 Å². The van der Waals surface area contributed by atoms with Crippen molar-refractivity contribution in [2.45, 2.75) is 50.0 Å². The summed E-state index contributed by atoms with van der Waals surface area (Å²) in [5.74, 6) is -0.249. The molecule has 2 aromatic carbocycles. The Hall–Kier alpha value is -3.48. The Morgan fingerprint density at radius 3 is 2.41 bits per heavy atom. The summed E-state index contributed by atoms with van der Waals surface area (Å²) in [4.78, 5) is 25.2. The third-order valence-corrected chi connectivity index (χ3v) is 6.96. The van der Waals surface area contributed by atoms with E-state index in [1.807, 2.05) is 0 Å². The topological polar surface area (TPSA) is 105 Å². The molecule has 2 aromatic rings. The Balaban J connectivity index is 2.05. The number of ether oxygens (including phenoxy) is 2. The molecule has 0 aromatic heterocycles. The summed E-state index contributed by atoms with van der Waals surface area (Å²) < 4.78 is 79.0. The van der Waals surface area contributed by atoms with Crippen LogP contribution in [0.4, 0.5) is 29.3 Å². The van der Waals surface area contributed by atoms with Gasteiger partial charge in [-0.25, -0.2) is 13.2 Å². The van der Waals surface area contributed by atoms with Crippen molar-refractivity contribution in [3.63, 3.8) is 0 Å². The van der Waals surface area contributed by atoms with Crippen molar-refractivity contribution in [1.29, 1.82) is 0 Å². The van der Waals surface area contributed by atoms with Gasteiger partial charge in [-0.2, -0.15) is 13.2 Å². The Kier molecular flexibility index (Phi) is 7.68. The molecule has 1 atom stereocenters. The smallest absolute Gasteiger partial charge is 0.416 e. The first-order valence-corrected chi connectivity index (χ1v) is 12.6. The van der Waals surface area contributed by atoms with Gasteiger partial charge in [0, 0.05) is 19.8 Å². The van der Waals surface area contributed by atoms with Gasteiger partial charge in [0.15, 0.2) is 0 Å². The quantitative estimate of drug-likeness (QED) is 0.596. The van der Waals surface area contributed by atoms with Crippen molar-refractivity contribution in [1.82, 2.24) is 4.90 Å². The largest absolute Gasteiger partial charge is 0.486 e. The van der Waals surface area contributed by atoms with Gasteiger partial charge >= 0.3 is 12.3 Å². The number of halogens is 3. The molecular formula is C24H28F3N3O6S. The molecule has 2 amide bonds. The van der Waals surface area contributed by atoms with Crippen LogP contribution in [0.2, 0.25) is 0 Å². The standard InChI is InChI=1S/C24H28F3N3O6S/c1-23(2,3)36-22(32)28-16-9-10-20-19(12-16)30(14-17(35-20)13-21(31)29(4)5)37(33,34)18-8-6-7-15(11-18)24(25,26)27/h6-12,17H,13-14H2,1-5H3,(H,28,32). The van der Waals surface area contributed by atoms with E-state index in [1.165, 1.54) is 37.2 Å². The number of nitrogens with zero attached hydrogens (tertiary/aromatic N) is 2. The first kappa shape index (κ1) is 28.1. The number of hydrogen-bond acceptors (Lipinski definition) is 6. The summed E-state index contributed by atoms with van der Waals surface area (Å²) in [5.41, 5.74) is -1.75. The Morgan fingerprint density at radius 1 is 1.14 bits per heavy atom. The van der Waals surface area contributed by atoms with Crippen LogP contribution in [0.25, 0.3) is 0 Å². The van der Waals surface area contributed by atoms with Crippen molar-refractivity contribution in [2.75, 3.05) is 30.3 Å². The Labute approximate surface area is 213 Å². The molecule has 202 valence electrons. The number of hydrogen-bond donors (Lipinski definition) is 1. The van der Waals surface area contributed by atoms with Crippen LogP contribution in [0, 0.1) is 0 Å². The van der Waals surface area contributed by atoms with Crippen LogP contribution in [0.5, 0.6) is 5.75 Å². The SMILES string of the molecule is CN(C)C(=O)CC1CN(S(=O)(=O)c2cccc(C(F)(F)F)c2)c2cc(NC(=O)OC(C)(C)C)ccc2O1. The van der Waals surface area contributed by atoms with Gasteiger partial charge in [0.1, 0.15) is 17.5 Å². The fourth-order valence-corrected chi connectivity index (χ4v) is 5.03. The highest BCUT2D eigenvalue weighted by Crippen LogP contribution is 2.40. The van der Waals surface area contributed by atoms with Crippen molar-refractivity contribution in [3.8, 4) is 5.75 Å². The van der Waals surface area contributed by atoms with Crippen LogP contribution < -0.4 is 14.4 Å². The lowest BCUT2D eigenvalue weighted by Crippen LogP contribution is -2.45. The van der Waals surface area contributed by atoms with Gasteiger partial charge in [-0.3, -0.25) is 14.4 Å². The summed E-state index contributed by atoms with van der Waals surface area (Å²) >= 11 is 0. The minimum atomic E-state index is -4.75. The Morgan fingerprint density at radius 2 is 1.81 bits per heavy atom. The van der Waals surface area contributed by atoms with E-state index in [1.54, 1.807) is 20.8 Å². The number of rotatable bonds is 5. The van der Waals surface area contributed by atoms with Gasteiger partial charge in [-0.15, -0.1) is 0 Å². The molecule has 0 fully saturated rings. The van der Waals surface area contributed by atoms with Gasteiger partial charge in [-0.05, 0) is 57.2 Å². The summed E-state index contributed by atoms with van der Waals surface area (Å²) in [5, 5.41) is 2.50. The normalized spacial score (nSPS) is 15.9. The van der Waals surface area contributed by atoms with Crippen LogP contribution >= 0.6 is 0 Å². The van der Waals surface area contributed by atoms with E-state index >= 15 is 0 Å². The summed E-state index contributed by atoms with van der Waals surface area (Å²) in [7, 11) is -1.47. The molecule has 1 unspecified atom stereocenters. The third-order valence-electron chi connectivity index (χ3n) is 5.19. The zero-order valence-corrected chi connectivity index (χ0v) is 21.7. The number of alkyl halides is 3. The number of nitrogens with one attached hydrogen (secondary N) is 1. The zero-order valence-electron chi connectivity index (χ0n) is 20.9. The first-order valence-electron chi connectivity index (χ1n) is 11.2.